The van der Waals surface area contributed by atoms with Crippen molar-refractivity contribution in [3.05, 3.63) is 53.9 Å². The zero-order chi connectivity index (χ0) is 22.8. The van der Waals surface area contributed by atoms with Gasteiger partial charge in [0.05, 0.1) is 23.9 Å². The number of amides is 1. The lowest BCUT2D eigenvalue weighted by atomic mass is 10.1. The number of fused-ring (bicyclic) bond motifs is 2. The van der Waals surface area contributed by atoms with Gasteiger partial charge in [-0.05, 0) is 25.0 Å². The molecule has 0 bridgehead atoms. The molecule has 4 aromatic rings. The molecule has 0 radical (unpaired) electrons. The van der Waals surface area contributed by atoms with Crippen molar-refractivity contribution in [3.8, 4) is 18.4 Å². The molecule has 0 aliphatic heterocycles. The molecule has 4 rings (SSSR count). The Morgan fingerprint density at radius 3 is 2.91 bits per heavy atom. The summed E-state index contributed by atoms with van der Waals surface area (Å²) in [5.74, 6) is 1.26. The molecule has 162 valence electrons. The zero-order valence-electron chi connectivity index (χ0n) is 17.4. The highest BCUT2D eigenvalue weighted by molar-refractivity contribution is 6.13. The maximum atomic E-state index is 14.4. The molecule has 32 heavy (non-hydrogen) atoms. The largest absolute Gasteiger partial charge is 0.467 e. The third-order valence-electron chi connectivity index (χ3n) is 4.68. The molecule has 1 amide bonds. The average molecular weight is 433 g/mol. The molecule has 0 aliphatic carbocycles. The van der Waals surface area contributed by atoms with Gasteiger partial charge in [0.1, 0.15) is 5.69 Å². The van der Waals surface area contributed by atoms with Crippen molar-refractivity contribution in [2.24, 2.45) is 5.73 Å². The average Bonchev–Trinajstić information content (AvgIpc) is 3.20. The molecule has 9 nitrogen and oxygen atoms in total. The van der Waals surface area contributed by atoms with Crippen molar-refractivity contribution < 1.29 is 13.9 Å². The zero-order valence-corrected chi connectivity index (χ0v) is 17.4. The Morgan fingerprint density at radius 2 is 2.19 bits per heavy atom. The van der Waals surface area contributed by atoms with E-state index in [1.807, 2.05) is 6.92 Å². The Balaban J connectivity index is 1.72. The van der Waals surface area contributed by atoms with Crippen LogP contribution in [0.4, 0.5) is 15.8 Å². The number of carbonyl (C=O) groups is 1. The molecule has 0 saturated carbocycles. The minimum atomic E-state index is -0.617. The Bertz CT molecular complexity index is 1370. The quantitative estimate of drug-likeness (QED) is 0.400. The predicted octanol–water partition coefficient (Wildman–Crippen LogP) is 2.42. The number of imidazole rings is 1. The topological polar surface area (TPSA) is 119 Å². The van der Waals surface area contributed by atoms with E-state index in [2.05, 4.69) is 31.5 Å². The summed E-state index contributed by atoms with van der Waals surface area (Å²) in [7, 11) is 1.44. The van der Waals surface area contributed by atoms with Crippen LogP contribution in [0.3, 0.4) is 0 Å². The first-order valence-electron chi connectivity index (χ1n) is 9.69. The first kappa shape index (κ1) is 21.0. The summed E-state index contributed by atoms with van der Waals surface area (Å²) >= 11 is 0. The second kappa shape index (κ2) is 8.49. The molecule has 0 aliphatic rings. The SMILES string of the molecule is C#Cc1cn2cc(NC(=O)c3ccc(NC[C@H](C)N)c4cnc(OC)nc34)cc(F)c2n1. The third-order valence-corrected chi connectivity index (χ3v) is 4.68. The molecule has 10 heteroatoms. The standard InChI is InChI=1S/C22H20FN7O2/c1-4-13-10-30-11-14(7-17(23)20(30)27-13)28-21(31)15-5-6-18(25-8-12(2)24)16-9-26-22(32-3)29-19(15)16/h1,5-7,9-12,25H,8,24H2,2-3H3,(H,28,31)/t12-/m0/s1. The van der Waals surface area contributed by atoms with Gasteiger partial charge in [-0.25, -0.2) is 14.4 Å². The van der Waals surface area contributed by atoms with Gasteiger partial charge >= 0.3 is 6.01 Å². The lowest BCUT2D eigenvalue weighted by Gasteiger charge is -2.14. The van der Waals surface area contributed by atoms with E-state index in [4.69, 9.17) is 16.9 Å². The van der Waals surface area contributed by atoms with Crippen LogP contribution in [0.5, 0.6) is 6.01 Å². The number of ether oxygens (including phenoxy) is 1. The number of nitrogens with two attached hydrogens (primary N) is 1. The van der Waals surface area contributed by atoms with Crippen LogP contribution in [-0.2, 0) is 0 Å². The Morgan fingerprint density at radius 1 is 1.38 bits per heavy atom. The summed E-state index contributed by atoms with van der Waals surface area (Å²) in [5.41, 5.74) is 7.79. The van der Waals surface area contributed by atoms with E-state index in [1.165, 1.54) is 30.0 Å². The molecule has 1 atom stereocenters. The number of nitrogens with one attached hydrogen (secondary N) is 2. The van der Waals surface area contributed by atoms with Gasteiger partial charge < -0.3 is 25.5 Å². The number of aromatic nitrogens is 4. The molecule has 1 aromatic carbocycles. The Kier molecular flexibility index (Phi) is 5.57. The van der Waals surface area contributed by atoms with Crippen molar-refractivity contribution in [2.75, 3.05) is 24.3 Å². The van der Waals surface area contributed by atoms with Gasteiger partial charge in [-0.1, -0.05) is 0 Å². The molecular weight excluding hydrogens is 413 g/mol. The summed E-state index contributed by atoms with van der Waals surface area (Å²) < 4.78 is 21.0. The van der Waals surface area contributed by atoms with Gasteiger partial charge in [0.15, 0.2) is 11.5 Å². The summed E-state index contributed by atoms with van der Waals surface area (Å²) in [6.07, 6.45) is 9.93. The van der Waals surface area contributed by atoms with Gasteiger partial charge in [0.25, 0.3) is 5.91 Å². The van der Waals surface area contributed by atoms with Crippen LogP contribution < -0.4 is 21.1 Å². The van der Waals surface area contributed by atoms with E-state index in [9.17, 15) is 9.18 Å². The molecule has 0 spiro atoms. The molecule has 3 aromatic heterocycles. The van der Waals surface area contributed by atoms with E-state index in [0.717, 1.165) is 5.69 Å². The predicted molar refractivity (Wildman–Crippen MR) is 119 cm³/mol. The Labute approximate surface area is 182 Å². The summed E-state index contributed by atoms with van der Waals surface area (Å²) in [4.78, 5) is 25.6. The number of hydrogen-bond donors (Lipinski definition) is 3. The van der Waals surface area contributed by atoms with Gasteiger partial charge in [-0.2, -0.15) is 4.98 Å². The lowest BCUT2D eigenvalue weighted by molar-refractivity contribution is 0.102. The highest BCUT2D eigenvalue weighted by Gasteiger charge is 2.17. The van der Waals surface area contributed by atoms with Crippen molar-refractivity contribution >= 4 is 33.8 Å². The van der Waals surface area contributed by atoms with Crippen LogP contribution in [0, 0.1) is 18.2 Å². The van der Waals surface area contributed by atoms with Crippen LogP contribution in [0.15, 0.2) is 36.8 Å². The summed E-state index contributed by atoms with van der Waals surface area (Å²) in [6, 6.07) is 4.58. The van der Waals surface area contributed by atoms with Gasteiger partial charge in [-0.15, -0.1) is 6.42 Å². The Hall–Kier alpha value is -4.23. The number of terminal acetylenes is 1. The van der Waals surface area contributed by atoms with Crippen LogP contribution in [0.1, 0.15) is 23.0 Å². The van der Waals surface area contributed by atoms with Crippen molar-refractivity contribution in [1.29, 1.82) is 0 Å². The molecule has 0 fully saturated rings. The van der Waals surface area contributed by atoms with Gasteiger partial charge in [0.2, 0.25) is 0 Å². The highest BCUT2D eigenvalue weighted by Crippen LogP contribution is 2.27. The number of methoxy groups -OCH3 is 1. The van der Waals surface area contributed by atoms with E-state index in [0.29, 0.717) is 17.4 Å². The number of benzene rings is 1. The number of hydrogen-bond acceptors (Lipinski definition) is 7. The fraction of sp³-hybridized carbons (Fsp3) is 0.182. The monoisotopic (exact) mass is 433 g/mol. The van der Waals surface area contributed by atoms with Crippen molar-refractivity contribution in [3.63, 3.8) is 0 Å². The summed E-state index contributed by atoms with van der Waals surface area (Å²) in [6.45, 7) is 2.40. The van der Waals surface area contributed by atoms with Gasteiger partial charge in [-0.3, -0.25) is 4.79 Å². The van der Waals surface area contributed by atoms with Crippen LogP contribution in [0.25, 0.3) is 16.6 Å². The van der Waals surface area contributed by atoms with E-state index >= 15 is 0 Å². The third kappa shape index (κ3) is 4.01. The normalized spacial score (nSPS) is 11.8. The molecule has 3 heterocycles. The number of pyridine rings is 1. The fourth-order valence-corrected chi connectivity index (χ4v) is 3.20. The highest BCUT2D eigenvalue weighted by atomic mass is 19.1. The number of nitrogens with zero attached hydrogens (tertiary/aromatic N) is 4. The van der Waals surface area contributed by atoms with Crippen LogP contribution >= 0.6 is 0 Å². The number of rotatable bonds is 6. The molecule has 0 saturated heterocycles. The summed E-state index contributed by atoms with van der Waals surface area (Å²) in [5, 5.41) is 6.54. The second-order valence-electron chi connectivity index (χ2n) is 7.17. The van der Waals surface area contributed by atoms with E-state index in [-0.39, 0.29) is 34.6 Å². The minimum absolute atomic E-state index is 0.0726. The van der Waals surface area contributed by atoms with E-state index in [1.54, 1.807) is 18.3 Å². The first-order chi connectivity index (χ1) is 15.4. The second-order valence-corrected chi connectivity index (χ2v) is 7.17. The molecular formula is C22H20FN7O2. The van der Waals surface area contributed by atoms with Crippen molar-refractivity contribution in [1.82, 2.24) is 19.4 Å². The van der Waals surface area contributed by atoms with Crippen LogP contribution in [0.2, 0.25) is 0 Å². The maximum Gasteiger partial charge on any atom is 0.316 e. The molecule has 4 N–H and O–H groups in total. The lowest BCUT2D eigenvalue weighted by Crippen LogP contribution is -2.25. The maximum absolute atomic E-state index is 14.4. The number of carbonyl (C=O) groups excluding carboxylic acids is 1. The number of halogens is 1. The molecule has 0 unspecified atom stereocenters. The van der Waals surface area contributed by atoms with Gasteiger partial charge in [0, 0.05) is 48.3 Å². The minimum Gasteiger partial charge on any atom is -0.467 e. The first-order valence-corrected chi connectivity index (χ1v) is 9.69. The van der Waals surface area contributed by atoms with E-state index < -0.39 is 11.7 Å². The fourth-order valence-electron chi connectivity index (χ4n) is 3.20. The van der Waals surface area contributed by atoms with Crippen molar-refractivity contribution in [2.45, 2.75) is 13.0 Å². The van der Waals surface area contributed by atoms with Crippen LogP contribution in [-0.4, -0.2) is 45.0 Å². The number of anilines is 2. The smallest absolute Gasteiger partial charge is 0.316 e.